The SMILES string of the molecule is CCOC(=O)c1sc(NS(=O)(=O)c2ccc(OCC(=O)N(C)C)c(C)c2)nc1C. The Labute approximate surface area is 173 Å². The molecule has 1 amide bonds. The summed E-state index contributed by atoms with van der Waals surface area (Å²) in [5.74, 6) is -0.342. The number of sulfonamides is 1. The van der Waals surface area contributed by atoms with Gasteiger partial charge in [-0.05, 0) is 44.5 Å². The smallest absolute Gasteiger partial charge is 0.350 e. The quantitative estimate of drug-likeness (QED) is 0.625. The van der Waals surface area contributed by atoms with E-state index in [0.29, 0.717) is 17.0 Å². The summed E-state index contributed by atoms with van der Waals surface area (Å²) in [7, 11) is -0.686. The third-order valence-corrected chi connectivity index (χ3v) is 6.30. The van der Waals surface area contributed by atoms with Gasteiger partial charge >= 0.3 is 5.97 Å². The van der Waals surface area contributed by atoms with Crippen LogP contribution < -0.4 is 9.46 Å². The summed E-state index contributed by atoms with van der Waals surface area (Å²) in [6, 6.07) is 4.30. The number of hydrogen-bond donors (Lipinski definition) is 1. The summed E-state index contributed by atoms with van der Waals surface area (Å²) < 4.78 is 38.1. The molecular weight excluding hydrogens is 418 g/mol. The van der Waals surface area contributed by atoms with Crippen molar-refractivity contribution in [2.75, 3.05) is 32.0 Å². The van der Waals surface area contributed by atoms with Crippen molar-refractivity contribution < 1.29 is 27.5 Å². The maximum atomic E-state index is 12.7. The molecule has 0 bridgehead atoms. The van der Waals surface area contributed by atoms with E-state index in [1.807, 2.05) is 0 Å². The molecule has 11 heteroatoms. The van der Waals surface area contributed by atoms with Crippen molar-refractivity contribution in [1.82, 2.24) is 9.88 Å². The normalized spacial score (nSPS) is 11.1. The molecule has 1 N–H and O–H groups in total. The first kappa shape index (κ1) is 22.6. The molecule has 1 aromatic carbocycles. The molecule has 2 aromatic rings. The van der Waals surface area contributed by atoms with Crippen LogP contribution >= 0.6 is 11.3 Å². The molecular formula is C18H23N3O6S2. The fourth-order valence-electron chi connectivity index (χ4n) is 2.22. The number of likely N-dealkylation sites (N-methyl/N-ethyl adjacent to an activating group) is 1. The number of carbonyl (C=O) groups excluding carboxylic acids is 2. The molecule has 158 valence electrons. The average Bonchev–Trinajstić information content (AvgIpc) is 2.99. The van der Waals surface area contributed by atoms with E-state index in [9.17, 15) is 18.0 Å². The zero-order chi connectivity index (χ0) is 21.8. The van der Waals surface area contributed by atoms with Gasteiger partial charge in [-0.3, -0.25) is 9.52 Å². The van der Waals surface area contributed by atoms with Gasteiger partial charge in [0.05, 0.1) is 17.2 Å². The third-order valence-electron chi connectivity index (χ3n) is 3.79. The van der Waals surface area contributed by atoms with E-state index in [2.05, 4.69) is 9.71 Å². The van der Waals surface area contributed by atoms with Crippen LogP contribution in [0.2, 0.25) is 0 Å². The van der Waals surface area contributed by atoms with Gasteiger partial charge in [0, 0.05) is 14.1 Å². The van der Waals surface area contributed by atoms with Gasteiger partial charge in [0.15, 0.2) is 11.7 Å². The van der Waals surface area contributed by atoms with Gasteiger partial charge in [-0.15, -0.1) is 0 Å². The lowest BCUT2D eigenvalue weighted by atomic mass is 10.2. The Morgan fingerprint density at radius 3 is 2.52 bits per heavy atom. The predicted molar refractivity (Wildman–Crippen MR) is 109 cm³/mol. The number of rotatable bonds is 8. The molecule has 0 aliphatic heterocycles. The molecule has 2 rings (SSSR count). The van der Waals surface area contributed by atoms with Crippen molar-refractivity contribution in [3.8, 4) is 5.75 Å². The molecule has 0 unspecified atom stereocenters. The Morgan fingerprint density at radius 2 is 1.93 bits per heavy atom. The second-order valence-electron chi connectivity index (χ2n) is 6.26. The summed E-state index contributed by atoms with van der Waals surface area (Å²) in [5, 5.41) is 0.0695. The minimum Gasteiger partial charge on any atom is -0.483 e. The summed E-state index contributed by atoms with van der Waals surface area (Å²) in [4.78, 5) is 29.3. The van der Waals surface area contributed by atoms with Crippen LogP contribution in [0.5, 0.6) is 5.75 Å². The molecule has 9 nitrogen and oxygen atoms in total. The standard InChI is InChI=1S/C18H23N3O6S2/c1-6-26-17(23)16-12(3)19-18(28-16)20-29(24,25)13-7-8-14(11(2)9-13)27-10-15(22)21(4)5/h7-9H,6,10H2,1-5H3,(H,19,20). The molecule has 0 aliphatic rings. The number of carbonyl (C=O) groups is 2. The topological polar surface area (TPSA) is 115 Å². The van der Waals surface area contributed by atoms with Gasteiger partial charge in [-0.2, -0.15) is 0 Å². The van der Waals surface area contributed by atoms with Crippen molar-refractivity contribution in [2.45, 2.75) is 25.7 Å². The molecule has 0 aliphatic carbocycles. The van der Waals surface area contributed by atoms with Crippen molar-refractivity contribution in [2.24, 2.45) is 0 Å². The molecule has 0 saturated carbocycles. The van der Waals surface area contributed by atoms with Gasteiger partial charge in [-0.1, -0.05) is 11.3 Å². The minimum atomic E-state index is -3.92. The van der Waals surface area contributed by atoms with E-state index >= 15 is 0 Å². The highest BCUT2D eigenvalue weighted by Crippen LogP contribution is 2.27. The maximum absolute atomic E-state index is 12.7. The van der Waals surface area contributed by atoms with Gasteiger partial charge in [0.1, 0.15) is 10.6 Å². The Kier molecular flexibility index (Phi) is 7.20. The molecule has 29 heavy (non-hydrogen) atoms. The first-order valence-corrected chi connectivity index (χ1v) is 11.0. The van der Waals surface area contributed by atoms with E-state index in [0.717, 1.165) is 11.3 Å². The number of aryl methyl sites for hydroxylation is 2. The lowest BCUT2D eigenvalue weighted by Gasteiger charge is -2.13. The van der Waals surface area contributed by atoms with Crippen LogP contribution in [0.3, 0.4) is 0 Å². The van der Waals surface area contributed by atoms with Crippen molar-refractivity contribution >= 4 is 38.4 Å². The summed E-state index contributed by atoms with van der Waals surface area (Å²) >= 11 is 0.908. The van der Waals surface area contributed by atoms with Gasteiger partial charge < -0.3 is 14.4 Å². The van der Waals surface area contributed by atoms with Crippen molar-refractivity contribution in [1.29, 1.82) is 0 Å². The molecule has 0 fully saturated rings. The zero-order valence-corrected chi connectivity index (χ0v) is 18.4. The van der Waals surface area contributed by atoms with Crippen LogP contribution in [0.15, 0.2) is 23.1 Å². The predicted octanol–water partition coefficient (Wildman–Crippen LogP) is 2.20. The Hall–Kier alpha value is -2.66. The second-order valence-corrected chi connectivity index (χ2v) is 8.95. The number of thiazole rings is 1. The van der Waals surface area contributed by atoms with Crippen LogP contribution in [-0.4, -0.2) is 57.5 Å². The van der Waals surface area contributed by atoms with Crippen LogP contribution in [0, 0.1) is 13.8 Å². The number of nitrogens with one attached hydrogen (secondary N) is 1. The van der Waals surface area contributed by atoms with Gasteiger partial charge in [0.25, 0.3) is 15.9 Å². The van der Waals surface area contributed by atoms with E-state index in [-0.39, 0.29) is 34.0 Å². The first-order chi connectivity index (χ1) is 13.5. The number of aromatic nitrogens is 1. The van der Waals surface area contributed by atoms with E-state index in [1.54, 1.807) is 34.9 Å². The van der Waals surface area contributed by atoms with Crippen molar-refractivity contribution in [3.05, 3.63) is 34.3 Å². The average molecular weight is 442 g/mol. The van der Waals surface area contributed by atoms with E-state index in [1.165, 1.54) is 23.1 Å². The molecule has 0 atom stereocenters. The number of benzene rings is 1. The molecule has 0 radical (unpaired) electrons. The minimum absolute atomic E-state index is 0.00632. The summed E-state index contributed by atoms with van der Waals surface area (Å²) in [6.45, 7) is 5.04. The molecule has 1 aromatic heterocycles. The number of esters is 1. The summed E-state index contributed by atoms with van der Waals surface area (Å²) in [5.41, 5.74) is 0.943. The van der Waals surface area contributed by atoms with Gasteiger partial charge in [0.2, 0.25) is 0 Å². The van der Waals surface area contributed by atoms with Crippen LogP contribution in [0.4, 0.5) is 5.13 Å². The molecule has 1 heterocycles. The number of anilines is 1. The van der Waals surface area contributed by atoms with E-state index in [4.69, 9.17) is 9.47 Å². The Balaban J connectivity index is 2.17. The monoisotopic (exact) mass is 441 g/mol. The number of ether oxygens (including phenoxy) is 2. The highest BCUT2D eigenvalue weighted by Gasteiger charge is 2.21. The lowest BCUT2D eigenvalue weighted by molar-refractivity contribution is -0.130. The van der Waals surface area contributed by atoms with Crippen LogP contribution in [0.25, 0.3) is 0 Å². The highest BCUT2D eigenvalue weighted by atomic mass is 32.2. The first-order valence-electron chi connectivity index (χ1n) is 8.66. The van der Waals surface area contributed by atoms with E-state index < -0.39 is 16.0 Å². The molecule has 0 saturated heterocycles. The summed E-state index contributed by atoms with van der Waals surface area (Å²) in [6.07, 6.45) is 0. The zero-order valence-electron chi connectivity index (χ0n) is 16.8. The fourth-order valence-corrected chi connectivity index (χ4v) is 4.40. The molecule has 0 spiro atoms. The largest absolute Gasteiger partial charge is 0.483 e. The van der Waals surface area contributed by atoms with Crippen molar-refractivity contribution in [3.63, 3.8) is 0 Å². The number of hydrogen-bond acceptors (Lipinski definition) is 8. The maximum Gasteiger partial charge on any atom is 0.350 e. The lowest BCUT2D eigenvalue weighted by Crippen LogP contribution is -2.27. The number of nitrogens with zero attached hydrogens (tertiary/aromatic N) is 2. The number of amides is 1. The highest BCUT2D eigenvalue weighted by molar-refractivity contribution is 7.93. The Morgan fingerprint density at radius 1 is 1.24 bits per heavy atom. The Bertz CT molecular complexity index is 1010. The van der Waals surface area contributed by atoms with Crippen LogP contribution in [0.1, 0.15) is 27.9 Å². The second kappa shape index (κ2) is 9.23. The third kappa shape index (κ3) is 5.67. The fraction of sp³-hybridized carbons (Fsp3) is 0.389. The van der Waals surface area contributed by atoms with Crippen LogP contribution in [-0.2, 0) is 19.6 Å². The van der Waals surface area contributed by atoms with Gasteiger partial charge in [-0.25, -0.2) is 18.2 Å².